The van der Waals surface area contributed by atoms with Gasteiger partial charge >= 0.3 is 0 Å². The second kappa shape index (κ2) is 2.90. The number of rotatable bonds is 3. The highest BCUT2D eigenvalue weighted by molar-refractivity contribution is 7.85. The first-order chi connectivity index (χ1) is 3.95. The summed E-state index contributed by atoms with van der Waals surface area (Å²) in [6, 6.07) is 0. The van der Waals surface area contributed by atoms with Gasteiger partial charge < -0.3 is 14.5 Å². The maximum atomic E-state index is 9.73. The van der Waals surface area contributed by atoms with Crippen molar-refractivity contribution in [2.75, 3.05) is 5.75 Å². The zero-order chi connectivity index (χ0) is 7.49. The van der Waals surface area contributed by atoms with Gasteiger partial charge in [0.2, 0.25) is 0 Å². The third kappa shape index (κ3) is 5.41. The van der Waals surface area contributed by atoms with Gasteiger partial charge in [0.1, 0.15) is 12.4 Å². The van der Waals surface area contributed by atoms with E-state index in [-0.39, 0.29) is 6.29 Å². The van der Waals surface area contributed by atoms with Gasteiger partial charge in [0.15, 0.2) is 0 Å². The van der Waals surface area contributed by atoms with Crippen LogP contribution in [0.25, 0.3) is 0 Å². The quantitative estimate of drug-likeness (QED) is 0.377. The van der Waals surface area contributed by atoms with Gasteiger partial charge in [-0.2, -0.15) is 0 Å². The molecule has 0 aromatic heterocycles. The van der Waals surface area contributed by atoms with Crippen LogP contribution in [-0.2, 0) is 14.9 Å². The predicted octanol–water partition coefficient (Wildman–Crippen LogP) is -1.91. The standard InChI is InChI=1S/C3H6O5S/c4-1-3(5)2-9(6,7)8/h1,3,5H,2H2,(H,6,7,8)/p-1. The van der Waals surface area contributed by atoms with Gasteiger partial charge in [0.25, 0.3) is 0 Å². The van der Waals surface area contributed by atoms with E-state index in [9.17, 15) is 17.8 Å². The summed E-state index contributed by atoms with van der Waals surface area (Å²) in [5.74, 6) is -1.05. The molecular weight excluding hydrogens is 148 g/mol. The first-order valence-electron chi connectivity index (χ1n) is 2.02. The lowest BCUT2D eigenvalue weighted by Gasteiger charge is -2.06. The Labute approximate surface area is 52.1 Å². The topological polar surface area (TPSA) is 94.5 Å². The first-order valence-corrected chi connectivity index (χ1v) is 3.60. The van der Waals surface area contributed by atoms with Crippen molar-refractivity contribution in [3.63, 3.8) is 0 Å². The van der Waals surface area contributed by atoms with Crippen molar-refractivity contribution in [3.05, 3.63) is 0 Å². The molecule has 0 heterocycles. The molecule has 1 atom stereocenters. The van der Waals surface area contributed by atoms with Crippen LogP contribution < -0.4 is 0 Å². The molecule has 0 aromatic carbocycles. The Balaban J connectivity index is 3.89. The molecule has 1 unspecified atom stereocenters. The van der Waals surface area contributed by atoms with Crippen molar-refractivity contribution in [3.8, 4) is 0 Å². The van der Waals surface area contributed by atoms with Crippen molar-refractivity contribution in [2.45, 2.75) is 6.10 Å². The normalized spacial score (nSPS) is 14.9. The van der Waals surface area contributed by atoms with E-state index in [1.165, 1.54) is 0 Å². The lowest BCUT2D eigenvalue weighted by Crippen LogP contribution is -2.21. The van der Waals surface area contributed by atoms with E-state index in [0.717, 1.165) is 0 Å². The first kappa shape index (κ1) is 8.54. The molecule has 0 aromatic rings. The van der Waals surface area contributed by atoms with Crippen LogP contribution in [-0.4, -0.2) is 36.2 Å². The molecule has 5 nitrogen and oxygen atoms in total. The fraction of sp³-hybridized carbons (Fsp3) is 0.667. The molecule has 0 saturated carbocycles. The second-order valence-electron chi connectivity index (χ2n) is 1.43. The number of aliphatic hydroxyl groups excluding tert-OH is 1. The molecule has 6 heteroatoms. The molecule has 0 bridgehead atoms. The maximum absolute atomic E-state index is 9.73. The van der Waals surface area contributed by atoms with Crippen LogP contribution in [0.2, 0.25) is 0 Å². The molecule has 0 rings (SSSR count). The van der Waals surface area contributed by atoms with Crippen LogP contribution in [0, 0.1) is 0 Å². The van der Waals surface area contributed by atoms with Crippen LogP contribution in [0.3, 0.4) is 0 Å². The number of hydrogen-bond donors (Lipinski definition) is 1. The Kier molecular flexibility index (Phi) is 2.75. The molecule has 0 amide bonds. The zero-order valence-electron chi connectivity index (χ0n) is 4.35. The summed E-state index contributed by atoms with van der Waals surface area (Å²) in [6.07, 6.45) is -1.69. The van der Waals surface area contributed by atoms with Gasteiger partial charge in [-0.25, -0.2) is 8.42 Å². The van der Waals surface area contributed by atoms with E-state index in [1.54, 1.807) is 0 Å². The molecule has 0 saturated heterocycles. The zero-order valence-corrected chi connectivity index (χ0v) is 5.17. The van der Waals surface area contributed by atoms with E-state index in [4.69, 9.17) is 5.11 Å². The summed E-state index contributed by atoms with van der Waals surface area (Å²) in [5.41, 5.74) is 0. The molecule has 9 heavy (non-hydrogen) atoms. The van der Waals surface area contributed by atoms with Crippen LogP contribution in [0.1, 0.15) is 0 Å². The Morgan fingerprint density at radius 1 is 1.67 bits per heavy atom. The Bertz CT molecular complexity index is 180. The SMILES string of the molecule is O=CC(O)CS(=O)(=O)[O-]. The summed E-state index contributed by atoms with van der Waals surface area (Å²) in [4.78, 5) is 9.53. The molecule has 0 aliphatic heterocycles. The molecule has 54 valence electrons. The summed E-state index contributed by atoms with van der Waals surface area (Å²) >= 11 is 0. The average Bonchev–Trinajstić information content (AvgIpc) is 1.62. The third-order valence-electron chi connectivity index (χ3n) is 0.532. The van der Waals surface area contributed by atoms with Crippen molar-refractivity contribution in [2.24, 2.45) is 0 Å². The monoisotopic (exact) mass is 153 g/mol. The molecule has 1 N–H and O–H groups in total. The summed E-state index contributed by atoms with van der Waals surface area (Å²) < 4.78 is 29.2. The molecule has 0 aliphatic carbocycles. The van der Waals surface area contributed by atoms with Crippen molar-refractivity contribution >= 4 is 16.4 Å². The number of carbonyl (C=O) groups excluding carboxylic acids is 1. The highest BCUT2D eigenvalue weighted by Crippen LogP contribution is 1.84. The molecule has 0 radical (unpaired) electrons. The minimum absolute atomic E-state index is 0.00451. The Hall–Kier alpha value is -0.460. The van der Waals surface area contributed by atoms with Gasteiger partial charge in [0, 0.05) is 0 Å². The fourth-order valence-corrected chi connectivity index (χ4v) is 0.745. The van der Waals surface area contributed by atoms with Crippen LogP contribution in [0.4, 0.5) is 0 Å². The van der Waals surface area contributed by atoms with Crippen LogP contribution in [0.15, 0.2) is 0 Å². The van der Waals surface area contributed by atoms with Gasteiger partial charge in [-0.15, -0.1) is 0 Å². The number of aldehydes is 1. The van der Waals surface area contributed by atoms with Gasteiger partial charge in [-0.1, -0.05) is 0 Å². The van der Waals surface area contributed by atoms with E-state index < -0.39 is 22.0 Å². The minimum Gasteiger partial charge on any atom is -0.748 e. The lowest BCUT2D eigenvalue weighted by molar-refractivity contribution is -0.113. The van der Waals surface area contributed by atoms with E-state index >= 15 is 0 Å². The third-order valence-corrected chi connectivity index (χ3v) is 1.28. The van der Waals surface area contributed by atoms with E-state index in [2.05, 4.69) is 0 Å². The Morgan fingerprint density at radius 3 is 2.22 bits per heavy atom. The second-order valence-corrected chi connectivity index (χ2v) is 2.88. The molecular formula is C3H5O5S-. The van der Waals surface area contributed by atoms with E-state index in [0.29, 0.717) is 0 Å². The van der Waals surface area contributed by atoms with Gasteiger partial charge in [-0.05, 0) is 0 Å². The van der Waals surface area contributed by atoms with Crippen LogP contribution in [0.5, 0.6) is 0 Å². The molecule has 0 spiro atoms. The van der Waals surface area contributed by atoms with Gasteiger partial charge in [0.05, 0.1) is 15.9 Å². The maximum Gasteiger partial charge on any atom is 0.149 e. The molecule has 0 fully saturated rings. The van der Waals surface area contributed by atoms with Gasteiger partial charge in [-0.3, -0.25) is 0 Å². The summed E-state index contributed by atoms with van der Waals surface area (Å²) in [5, 5.41) is 8.25. The number of aliphatic hydroxyl groups is 1. The molecule has 0 aliphatic rings. The van der Waals surface area contributed by atoms with Crippen molar-refractivity contribution in [1.82, 2.24) is 0 Å². The largest absolute Gasteiger partial charge is 0.748 e. The summed E-state index contributed by atoms with van der Waals surface area (Å²) in [7, 11) is -4.47. The van der Waals surface area contributed by atoms with Crippen molar-refractivity contribution in [1.29, 1.82) is 0 Å². The smallest absolute Gasteiger partial charge is 0.149 e. The predicted molar refractivity (Wildman–Crippen MR) is 26.6 cm³/mol. The lowest BCUT2D eigenvalue weighted by atomic mass is 10.5. The number of hydrogen-bond acceptors (Lipinski definition) is 5. The highest BCUT2D eigenvalue weighted by Gasteiger charge is 2.04. The number of carbonyl (C=O) groups is 1. The Morgan fingerprint density at radius 2 is 2.11 bits per heavy atom. The van der Waals surface area contributed by atoms with Crippen LogP contribution >= 0.6 is 0 Å². The average molecular weight is 153 g/mol. The minimum atomic E-state index is -4.47. The highest BCUT2D eigenvalue weighted by atomic mass is 32.2. The fourth-order valence-electron chi connectivity index (χ4n) is 0.248. The van der Waals surface area contributed by atoms with E-state index in [1.807, 2.05) is 0 Å². The summed E-state index contributed by atoms with van der Waals surface area (Å²) in [6.45, 7) is 0. The van der Waals surface area contributed by atoms with Crippen molar-refractivity contribution < 1.29 is 22.9 Å².